The van der Waals surface area contributed by atoms with Crippen molar-refractivity contribution in [3.8, 4) is 0 Å². The van der Waals surface area contributed by atoms with Crippen LogP contribution >= 0.6 is 0 Å². The van der Waals surface area contributed by atoms with Crippen molar-refractivity contribution in [1.82, 2.24) is 4.98 Å². The highest BCUT2D eigenvalue weighted by Gasteiger charge is 2.03. The van der Waals surface area contributed by atoms with Crippen LogP contribution in [0, 0.1) is 6.92 Å². The van der Waals surface area contributed by atoms with E-state index in [2.05, 4.69) is 4.98 Å². The van der Waals surface area contributed by atoms with Crippen molar-refractivity contribution < 1.29 is 9.90 Å². The number of nitrogens with two attached hydrogens (primary N) is 1. The third kappa shape index (κ3) is 2.32. The highest BCUT2D eigenvalue weighted by molar-refractivity contribution is 5.92. The Hall–Kier alpha value is -1.84. The Morgan fingerprint density at radius 2 is 2.29 bits per heavy atom. The zero-order chi connectivity index (χ0) is 10.7. The molecule has 0 aliphatic heterocycles. The Labute approximate surface area is 82.1 Å². The van der Waals surface area contributed by atoms with E-state index in [0.29, 0.717) is 11.4 Å². The number of anilines is 1. The third-order valence-electron chi connectivity index (χ3n) is 1.80. The van der Waals surface area contributed by atoms with Crippen LogP contribution in [0.2, 0.25) is 0 Å². The van der Waals surface area contributed by atoms with E-state index in [1.807, 2.05) is 6.92 Å². The molecule has 0 aliphatic rings. The number of carboxylic acids is 1. The third-order valence-corrected chi connectivity index (χ3v) is 1.80. The van der Waals surface area contributed by atoms with Gasteiger partial charge in [0.05, 0.1) is 0 Å². The topological polar surface area (TPSA) is 76.2 Å². The number of rotatable bonds is 2. The first kappa shape index (κ1) is 10.2. The first-order valence-corrected chi connectivity index (χ1v) is 4.14. The number of aliphatic carboxylic acids is 1. The Balaban J connectivity index is 3.13. The average molecular weight is 192 g/mol. The molecule has 14 heavy (non-hydrogen) atoms. The van der Waals surface area contributed by atoms with Gasteiger partial charge in [0.2, 0.25) is 0 Å². The lowest BCUT2D eigenvalue weighted by atomic mass is 10.1. The first-order valence-electron chi connectivity index (χ1n) is 4.14. The Bertz CT molecular complexity index is 397. The molecule has 74 valence electrons. The average Bonchev–Trinajstić information content (AvgIpc) is 2.11. The molecule has 0 saturated heterocycles. The van der Waals surface area contributed by atoms with E-state index in [0.717, 1.165) is 5.56 Å². The first-order chi connectivity index (χ1) is 6.50. The van der Waals surface area contributed by atoms with Gasteiger partial charge in [0, 0.05) is 17.3 Å². The number of hydrogen-bond donors (Lipinski definition) is 2. The molecule has 0 spiro atoms. The van der Waals surface area contributed by atoms with Gasteiger partial charge >= 0.3 is 5.97 Å². The van der Waals surface area contributed by atoms with E-state index >= 15 is 0 Å². The van der Waals surface area contributed by atoms with Gasteiger partial charge < -0.3 is 10.8 Å². The number of nitrogen functional groups attached to an aromatic ring is 1. The Kier molecular flexibility index (Phi) is 2.86. The molecule has 0 fully saturated rings. The van der Waals surface area contributed by atoms with Crippen LogP contribution in [0.5, 0.6) is 0 Å². The van der Waals surface area contributed by atoms with Gasteiger partial charge in [-0.25, -0.2) is 9.78 Å². The highest BCUT2D eigenvalue weighted by atomic mass is 16.4. The lowest BCUT2D eigenvalue weighted by Crippen LogP contribution is -1.98. The van der Waals surface area contributed by atoms with Gasteiger partial charge in [-0.15, -0.1) is 0 Å². The van der Waals surface area contributed by atoms with Crippen molar-refractivity contribution in [2.75, 3.05) is 5.73 Å². The Morgan fingerprint density at radius 1 is 1.64 bits per heavy atom. The maximum atomic E-state index is 10.6. The van der Waals surface area contributed by atoms with E-state index in [1.54, 1.807) is 12.3 Å². The number of hydrogen-bond acceptors (Lipinski definition) is 3. The van der Waals surface area contributed by atoms with E-state index < -0.39 is 5.97 Å². The van der Waals surface area contributed by atoms with Crippen molar-refractivity contribution in [1.29, 1.82) is 0 Å². The normalized spacial score (nSPS) is 11.4. The van der Waals surface area contributed by atoms with Crippen LogP contribution < -0.4 is 5.73 Å². The van der Waals surface area contributed by atoms with Gasteiger partial charge in [-0.3, -0.25) is 0 Å². The molecule has 3 N–H and O–H groups in total. The van der Waals surface area contributed by atoms with E-state index in [-0.39, 0.29) is 5.57 Å². The summed E-state index contributed by atoms with van der Waals surface area (Å²) in [6.45, 7) is 3.39. The maximum absolute atomic E-state index is 10.6. The van der Waals surface area contributed by atoms with Crippen molar-refractivity contribution in [2.45, 2.75) is 13.8 Å². The molecule has 1 aromatic rings. The van der Waals surface area contributed by atoms with Crippen LogP contribution in [0.25, 0.3) is 6.08 Å². The second-order valence-corrected chi connectivity index (χ2v) is 3.12. The number of aryl methyl sites for hydroxylation is 1. The van der Waals surface area contributed by atoms with E-state index in [1.165, 1.54) is 13.0 Å². The molecule has 0 bridgehead atoms. The lowest BCUT2D eigenvalue weighted by molar-refractivity contribution is -0.132. The van der Waals surface area contributed by atoms with E-state index in [4.69, 9.17) is 10.8 Å². The standard InChI is InChI=1S/C10H12N2O2/c1-6-3-8(9(11)12-5-6)4-7(2)10(13)14/h3-5H,1-2H3,(H2,11,12)(H,13,14)/b7-4+. The van der Waals surface area contributed by atoms with Crippen LogP contribution in [0.1, 0.15) is 18.1 Å². The summed E-state index contributed by atoms with van der Waals surface area (Å²) < 4.78 is 0. The van der Waals surface area contributed by atoms with Gasteiger partial charge in [0.15, 0.2) is 0 Å². The maximum Gasteiger partial charge on any atom is 0.331 e. The number of carboxylic acid groups (broad SMARTS) is 1. The predicted octanol–water partition coefficient (Wildman–Crippen LogP) is 1.46. The summed E-state index contributed by atoms with van der Waals surface area (Å²) in [6, 6.07) is 1.80. The Morgan fingerprint density at radius 3 is 2.86 bits per heavy atom. The summed E-state index contributed by atoms with van der Waals surface area (Å²) >= 11 is 0. The molecule has 4 heteroatoms. The smallest absolute Gasteiger partial charge is 0.331 e. The minimum absolute atomic E-state index is 0.240. The van der Waals surface area contributed by atoms with Crippen LogP contribution in [-0.4, -0.2) is 16.1 Å². The molecule has 0 aromatic carbocycles. The summed E-state index contributed by atoms with van der Waals surface area (Å²) in [5, 5.41) is 8.67. The van der Waals surface area contributed by atoms with Crippen LogP contribution in [0.4, 0.5) is 5.82 Å². The second kappa shape index (κ2) is 3.91. The second-order valence-electron chi connectivity index (χ2n) is 3.12. The van der Waals surface area contributed by atoms with Gasteiger partial charge in [-0.1, -0.05) is 0 Å². The fraction of sp³-hybridized carbons (Fsp3) is 0.200. The molecule has 1 rings (SSSR count). The zero-order valence-electron chi connectivity index (χ0n) is 8.11. The van der Waals surface area contributed by atoms with Crippen LogP contribution in [0.15, 0.2) is 17.8 Å². The van der Waals surface area contributed by atoms with Crippen molar-refractivity contribution in [3.63, 3.8) is 0 Å². The summed E-state index contributed by atoms with van der Waals surface area (Å²) in [4.78, 5) is 14.5. The number of nitrogens with zero attached hydrogens (tertiary/aromatic N) is 1. The summed E-state index contributed by atoms with van der Waals surface area (Å²) in [5.41, 5.74) is 7.42. The van der Waals surface area contributed by atoms with Crippen molar-refractivity contribution >= 4 is 17.9 Å². The quantitative estimate of drug-likeness (QED) is 0.695. The number of carbonyl (C=O) groups is 1. The largest absolute Gasteiger partial charge is 0.478 e. The van der Waals surface area contributed by atoms with E-state index in [9.17, 15) is 4.79 Å². The van der Waals surface area contributed by atoms with Crippen molar-refractivity contribution in [2.24, 2.45) is 0 Å². The monoisotopic (exact) mass is 192 g/mol. The molecule has 0 aliphatic carbocycles. The fourth-order valence-corrected chi connectivity index (χ4v) is 1.01. The lowest BCUT2D eigenvalue weighted by Gasteiger charge is -2.01. The number of aromatic nitrogens is 1. The summed E-state index contributed by atoms with van der Waals surface area (Å²) in [6.07, 6.45) is 3.15. The van der Waals surface area contributed by atoms with Crippen LogP contribution in [0.3, 0.4) is 0 Å². The van der Waals surface area contributed by atoms with Gasteiger partial charge in [0.25, 0.3) is 0 Å². The minimum Gasteiger partial charge on any atom is -0.478 e. The molecule has 0 radical (unpaired) electrons. The molecular weight excluding hydrogens is 180 g/mol. The summed E-state index contributed by atoms with van der Waals surface area (Å²) in [5.74, 6) is -0.609. The van der Waals surface area contributed by atoms with Gasteiger partial charge in [-0.2, -0.15) is 0 Å². The van der Waals surface area contributed by atoms with Crippen LogP contribution in [-0.2, 0) is 4.79 Å². The fourth-order valence-electron chi connectivity index (χ4n) is 1.01. The molecule has 1 aromatic heterocycles. The zero-order valence-corrected chi connectivity index (χ0v) is 8.11. The molecule has 0 atom stereocenters. The van der Waals surface area contributed by atoms with Crippen molar-refractivity contribution in [3.05, 3.63) is 29.0 Å². The van der Waals surface area contributed by atoms with Gasteiger partial charge in [-0.05, 0) is 31.6 Å². The molecular formula is C10H12N2O2. The molecule has 1 heterocycles. The molecule has 0 saturated carbocycles. The predicted molar refractivity (Wildman–Crippen MR) is 54.7 cm³/mol. The SMILES string of the molecule is C/C(=C\c1cc(C)cnc1N)C(=O)O. The minimum atomic E-state index is -0.953. The van der Waals surface area contributed by atoms with Gasteiger partial charge in [0.1, 0.15) is 5.82 Å². The molecule has 4 nitrogen and oxygen atoms in total. The number of pyridine rings is 1. The molecule has 0 unspecified atom stereocenters. The molecule has 0 amide bonds. The highest BCUT2D eigenvalue weighted by Crippen LogP contribution is 2.14. The summed E-state index contributed by atoms with van der Waals surface area (Å²) in [7, 11) is 0.